The molecule has 1 unspecified atom stereocenters. The first-order chi connectivity index (χ1) is 10.5. The third-order valence-electron chi connectivity index (χ3n) is 3.87. The Balaban J connectivity index is 2.09. The lowest BCUT2D eigenvalue weighted by Gasteiger charge is -2.09. The smallest absolute Gasteiger partial charge is 0.314 e. The number of ketones is 1. The minimum atomic E-state index is -1.03. The highest BCUT2D eigenvalue weighted by atomic mass is 16.5. The van der Waals surface area contributed by atoms with Gasteiger partial charge in [-0.3, -0.25) is 9.59 Å². The standard InChI is InChI=1S/C18H20O4/c1-3-16(18(20)21)17(19)9-5-12-4-6-14-11-15(22-2)8-7-13(14)10-12/h4,6-8,10-11,16H,3,5,9H2,1-2H3,(H,20,21). The molecule has 0 aliphatic rings. The van der Waals surface area contributed by atoms with Crippen LogP contribution in [0.15, 0.2) is 36.4 Å². The molecule has 116 valence electrons. The maximum absolute atomic E-state index is 11.9. The number of carbonyl (C=O) groups is 2. The Morgan fingerprint density at radius 1 is 1.14 bits per heavy atom. The molecule has 0 saturated heterocycles. The monoisotopic (exact) mass is 300 g/mol. The molecule has 1 N–H and O–H groups in total. The molecule has 4 nitrogen and oxygen atoms in total. The summed E-state index contributed by atoms with van der Waals surface area (Å²) in [5, 5.41) is 11.2. The van der Waals surface area contributed by atoms with Gasteiger partial charge in [0.1, 0.15) is 17.5 Å². The number of benzene rings is 2. The number of methoxy groups -OCH3 is 1. The minimum absolute atomic E-state index is 0.204. The van der Waals surface area contributed by atoms with Gasteiger partial charge in [-0.1, -0.05) is 31.2 Å². The van der Waals surface area contributed by atoms with Crippen molar-refractivity contribution >= 4 is 22.5 Å². The third-order valence-corrected chi connectivity index (χ3v) is 3.87. The molecule has 2 aromatic rings. The van der Waals surface area contributed by atoms with Crippen LogP contribution < -0.4 is 4.74 Å². The first kappa shape index (κ1) is 16.0. The molecule has 0 aromatic heterocycles. The highest BCUT2D eigenvalue weighted by molar-refractivity contribution is 5.98. The van der Waals surface area contributed by atoms with E-state index in [9.17, 15) is 9.59 Å². The van der Waals surface area contributed by atoms with Crippen LogP contribution in [-0.2, 0) is 16.0 Å². The van der Waals surface area contributed by atoms with Crippen molar-refractivity contribution in [1.29, 1.82) is 0 Å². The number of Topliss-reactive ketones (excluding diaryl/α,β-unsaturated/α-hetero) is 1. The first-order valence-electron chi connectivity index (χ1n) is 7.37. The van der Waals surface area contributed by atoms with Crippen molar-refractivity contribution in [2.75, 3.05) is 7.11 Å². The molecular formula is C18H20O4. The summed E-state index contributed by atoms with van der Waals surface area (Å²) >= 11 is 0. The maximum atomic E-state index is 11.9. The molecule has 22 heavy (non-hydrogen) atoms. The fourth-order valence-electron chi connectivity index (χ4n) is 2.54. The SMILES string of the molecule is CCC(C(=O)O)C(=O)CCc1ccc2cc(OC)ccc2c1. The molecule has 0 amide bonds. The van der Waals surface area contributed by atoms with E-state index in [1.165, 1.54) is 0 Å². The third kappa shape index (κ3) is 3.64. The second-order valence-electron chi connectivity index (χ2n) is 5.31. The van der Waals surface area contributed by atoms with Crippen LogP contribution in [0.5, 0.6) is 5.75 Å². The molecule has 0 bridgehead atoms. The molecule has 0 heterocycles. The van der Waals surface area contributed by atoms with E-state index >= 15 is 0 Å². The van der Waals surface area contributed by atoms with Crippen molar-refractivity contribution in [3.8, 4) is 5.75 Å². The summed E-state index contributed by atoms with van der Waals surface area (Å²) in [6.07, 6.45) is 1.16. The second kappa shape index (κ2) is 7.07. The quantitative estimate of drug-likeness (QED) is 0.795. The zero-order valence-electron chi connectivity index (χ0n) is 12.8. The predicted octanol–water partition coefficient (Wildman–Crippen LogP) is 3.46. The van der Waals surface area contributed by atoms with Crippen LogP contribution in [0.2, 0.25) is 0 Å². The average molecular weight is 300 g/mol. The van der Waals surface area contributed by atoms with Crippen molar-refractivity contribution in [2.24, 2.45) is 5.92 Å². The molecule has 0 spiro atoms. The van der Waals surface area contributed by atoms with Crippen molar-refractivity contribution in [3.05, 3.63) is 42.0 Å². The number of carboxylic acids is 1. The van der Waals surface area contributed by atoms with Gasteiger partial charge in [-0.2, -0.15) is 0 Å². The van der Waals surface area contributed by atoms with Crippen molar-refractivity contribution in [1.82, 2.24) is 0 Å². The Labute approximate surface area is 129 Å². The molecule has 1 atom stereocenters. The molecule has 0 aliphatic carbocycles. The zero-order valence-corrected chi connectivity index (χ0v) is 12.8. The Kier molecular flexibility index (Phi) is 5.15. The summed E-state index contributed by atoms with van der Waals surface area (Å²) in [5.41, 5.74) is 1.03. The largest absolute Gasteiger partial charge is 0.497 e. The summed E-state index contributed by atoms with van der Waals surface area (Å²) in [6, 6.07) is 11.8. The van der Waals surface area contributed by atoms with E-state index in [1.54, 1.807) is 14.0 Å². The summed E-state index contributed by atoms with van der Waals surface area (Å²) in [6.45, 7) is 1.72. The van der Waals surface area contributed by atoms with Crippen LogP contribution in [0.25, 0.3) is 10.8 Å². The molecule has 0 radical (unpaired) electrons. The van der Waals surface area contributed by atoms with Gasteiger partial charge in [-0.15, -0.1) is 0 Å². The molecular weight excluding hydrogens is 280 g/mol. The molecule has 0 fully saturated rings. The van der Waals surface area contributed by atoms with Crippen molar-refractivity contribution in [2.45, 2.75) is 26.2 Å². The lowest BCUT2D eigenvalue weighted by atomic mass is 9.95. The number of carbonyl (C=O) groups excluding carboxylic acids is 1. The number of hydrogen-bond donors (Lipinski definition) is 1. The Morgan fingerprint density at radius 2 is 1.82 bits per heavy atom. The van der Waals surface area contributed by atoms with Gasteiger partial charge in [0.15, 0.2) is 0 Å². The summed E-state index contributed by atoms with van der Waals surface area (Å²) in [4.78, 5) is 22.9. The fraction of sp³-hybridized carbons (Fsp3) is 0.333. The number of ether oxygens (including phenoxy) is 1. The molecule has 4 heteroatoms. The first-order valence-corrected chi connectivity index (χ1v) is 7.37. The zero-order chi connectivity index (χ0) is 16.1. The average Bonchev–Trinajstić information content (AvgIpc) is 2.52. The Bertz CT molecular complexity index is 691. The van der Waals surface area contributed by atoms with Gasteiger partial charge in [-0.05, 0) is 41.3 Å². The predicted molar refractivity (Wildman–Crippen MR) is 85.2 cm³/mol. The normalized spacial score (nSPS) is 12.1. The number of fused-ring (bicyclic) bond motifs is 1. The van der Waals surface area contributed by atoms with Crippen LogP contribution in [0.4, 0.5) is 0 Å². The van der Waals surface area contributed by atoms with Crippen LogP contribution in [0.3, 0.4) is 0 Å². The molecule has 2 rings (SSSR count). The van der Waals surface area contributed by atoms with Crippen molar-refractivity contribution in [3.63, 3.8) is 0 Å². The number of carboxylic acid groups (broad SMARTS) is 1. The number of rotatable bonds is 7. The van der Waals surface area contributed by atoms with Gasteiger partial charge in [0, 0.05) is 6.42 Å². The summed E-state index contributed by atoms with van der Waals surface area (Å²) in [7, 11) is 1.63. The lowest BCUT2D eigenvalue weighted by Crippen LogP contribution is -2.23. The lowest BCUT2D eigenvalue weighted by molar-refractivity contribution is -0.146. The van der Waals surface area contributed by atoms with E-state index in [4.69, 9.17) is 9.84 Å². The fourth-order valence-corrected chi connectivity index (χ4v) is 2.54. The molecule has 2 aromatic carbocycles. The number of hydrogen-bond acceptors (Lipinski definition) is 3. The van der Waals surface area contributed by atoms with Crippen molar-refractivity contribution < 1.29 is 19.4 Å². The van der Waals surface area contributed by atoms with Gasteiger partial charge in [0.05, 0.1) is 7.11 Å². The van der Waals surface area contributed by atoms with Crippen LogP contribution >= 0.6 is 0 Å². The molecule has 0 saturated carbocycles. The Morgan fingerprint density at radius 3 is 2.45 bits per heavy atom. The van der Waals surface area contributed by atoms with Gasteiger partial charge < -0.3 is 9.84 Å². The van der Waals surface area contributed by atoms with E-state index in [1.807, 2.05) is 36.4 Å². The van der Waals surface area contributed by atoms with Crippen LogP contribution in [0, 0.1) is 5.92 Å². The van der Waals surface area contributed by atoms with E-state index < -0.39 is 11.9 Å². The van der Waals surface area contributed by atoms with Gasteiger partial charge in [-0.25, -0.2) is 0 Å². The van der Waals surface area contributed by atoms with E-state index in [-0.39, 0.29) is 12.2 Å². The van der Waals surface area contributed by atoms with E-state index in [0.717, 1.165) is 22.1 Å². The second-order valence-corrected chi connectivity index (χ2v) is 5.31. The van der Waals surface area contributed by atoms with Gasteiger partial charge in [0.25, 0.3) is 0 Å². The molecule has 0 aliphatic heterocycles. The highest BCUT2D eigenvalue weighted by Gasteiger charge is 2.23. The number of aliphatic carboxylic acids is 1. The van der Waals surface area contributed by atoms with Crippen LogP contribution in [0.1, 0.15) is 25.3 Å². The van der Waals surface area contributed by atoms with Gasteiger partial charge in [0.2, 0.25) is 0 Å². The summed E-state index contributed by atoms with van der Waals surface area (Å²) < 4.78 is 5.19. The van der Waals surface area contributed by atoms with E-state index in [0.29, 0.717) is 12.8 Å². The minimum Gasteiger partial charge on any atom is -0.497 e. The van der Waals surface area contributed by atoms with Gasteiger partial charge >= 0.3 is 5.97 Å². The summed E-state index contributed by atoms with van der Waals surface area (Å²) in [5.74, 6) is -1.31. The highest BCUT2D eigenvalue weighted by Crippen LogP contribution is 2.22. The maximum Gasteiger partial charge on any atom is 0.314 e. The Hall–Kier alpha value is -2.36. The van der Waals surface area contributed by atoms with Crippen LogP contribution in [-0.4, -0.2) is 24.0 Å². The van der Waals surface area contributed by atoms with E-state index in [2.05, 4.69) is 0 Å². The number of aryl methyl sites for hydroxylation is 1. The topological polar surface area (TPSA) is 63.6 Å².